The Morgan fingerprint density at radius 2 is 1.69 bits per heavy atom. The lowest BCUT2D eigenvalue weighted by Gasteiger charge is -2.45. The maximum Gasteiger partial charge on any atom is 0.410 e. The summed E-state index contributed by atoms with van der Waals surface area (Å²) >= 11 is 0. The van der Waals surface area contributed by atoms with Crippen LogP contribution in [0.25, 0.3) is 0 Å². The molecule has 0 N–H and O–H groups in total. The fourth-order valence-corrected chi connectivity index (χ4v) is 4.12. The van der Waals surface area contributed by atoms with Gasteiger partial charge in [0.15, 0.2) is 0 Å². The van der Waals surface area contributed by atoms with Gasteiger partial charge in [0, 0.05) is 52.0 Å². The molecule has 3 saturated heterocycles. The molecule has 7 nitrogen and oxygen atoms in total. The summed E-state index contributed by atoms with van der Waals surface area (Å²) in [4.78, 5) is 31.4. The number of piperazine rings is 1. The van der Waals surface area contributed by atoms with Crippen molar-refractivity contribution >= 4 is 12.0 Å². The highest BCUT2D eigenvalue weighted by Gasteiger charge is 2.38. The van der Waals surface area contributed by atoms with Gasteiger partial charge in [-0.1, -0.05) is 0 Å². The van der Waals surface area contributed by atoms with Crippen molar-refractivity contribution in [1.29, 1.82) is 0 Å². The van der Waals surface area contributed by atoms with Crippen molar-refractivity contribution in [2.75, 3.05) is 45.9 Å². The summed E-state index contributed by atoms with van der Waals surface area (Å²) < 4.78 is 10.9. The van der Waals surface area contributed by atoms with Crippen LogP contribution in [0.2, 0.25) is 0 Å². The van der Waals surface area contributed by atoms with E-state index in [4.69, 9.17) is 9.47 Å². The normalized spacial score (nSPS) is 26.9. The van der Waals surface area contributed by atoms with E-state index in [2.05, 4.69) is 9.80 Å². The van der Waals surface area contributed by atoms with E-state index in [0.29, 0.717) is 19.1 Å². The van der Waals surface area contributed by atoms with Gasteiger partial charge in [-0.25, -0.2) is 4.79 Å². The number of nitrogens with zero attached hydrogens (tertiary/aromatic N) is 3. The third kappa shape index (κ3) is 4.68. The van der Waals surface area contributed by atoms with Gasteiger partial charge in [0.1, 0.15) is 5.60 Å². The Morgan fingerprint density at radius 3 is 2.31 bits per heavy atom. The highest BCUT2D eigenvalue weighted by atomic mass is 16.6. The van der Waals surface area contributed by atoms with Crippen LogP contribution >= 0.6 is 0 Å². The van der Waals surface area contributed by atoms with E-state index < -0.39 is 5.60 Å². The zero-order valence-corrected chi connectivity index (χ0v) is 16.4. The first-order valence-corrected chi connectivity index (χ1v) is 9.95. The van der Waals surface area contributed by atoms with E-state index in [9.17, 15) is 9.59 Å². The van der Waals surface area contributed by atoms with E-state index >= 15 is 0 Å². The summed E-state index contributed by atoms with van der Waals surface area (Å²) in [6.45, 7) is 10.7. The zero-order chi connectivity index (χ0) is 18.7. The van der Waals surface area contributed by atoms with Crippen LogP contribution in [-0.2, 0) is 14.3 Å². The molecular weight excluding hydrogens is 334 g/mol. The largest absolute Gasteiger partial charge is 0.444 e. The topological polar surface area (TPSA) is 62.3 Å². The Labute approximate surface area is 156 Å². The van der Waals surface area contributed by atoms with Crippen molar-refractivity contribution in [3.63, 3.8) is 0 Å². The smallest absolute Gasteiger partial charge is 0.410 e. The first kappa shape index (κ1) is 19.4. The predicted octanol–water partition coefficient (Wildman–Crippen LogP) is 1.71. The molecule has 3 heterocycles. The molecule has 2 amide bonds. The predicted molar refractivity (Wildman–Crippen MR) is 98.0 cm³/mol. The molecule has 3 aliphatic heterocycles. The molecule has 0 aromatic rings. The number of amides is 2. The van der Waals surface area contributed by atoms with Gasteiger partial charge in [0.25, 0.3) is 0 Å². The molecule has 3 fully saturated rings. The van der Waals surface area contributed by atoms with Crippen LogP contribution in [-0.4, -0.2) is 90.3 Å². The molecule has 3 rings (SSSR count). The average molecular weight is 367 g/mol. The molecule has 148 valence electrons. The quantitative estimate of drug-likeness (QED) is 0.744. The minimum atomic E-state index is -0.474. The van der Waals surface area contributed by atoms with Gasteiger partial charge < -0.3 is 19.3 Å². The van der Waals surface area contributed by atoms with E-state index in [1.54, 1.807) is 4.90 Å². The molecule has 0 saturated carbocycles. The number of hydrogen-bond acceptors (Lipinski definition) is 5. The molecule has 1 atom stereocenters. The van der Waals surface area contributed by atoms with Crippen molar-refractivity contribution < 1.29 is 19.1 Å². The molecule has 3 aliphatic rings. The zero-order valence-electron chi connectivity index (χ0n) is 16.4. The van der Waals surface area contributed by atoms with Crippen molar-refractivity contribution in [2.45, 2.75) is 64.1 Å². The summed E-state index contributed by atoms with van der Waals surface area (Å²) in [5.41, 5.74) is -0.474. The van der Waals surface area contributed by atoms with Gasteiger partial charge in [-0.3, -0.25) is 9.69 Å². The lowest BCUT2D eigenvalue weighted by atomic mass is 9.97. The molecule has 0 aromatic carbocycles. The van der Waals surface area contributed by atoms with Gasteiger partial charge in [-0.05, 0) is 46.5 Å². The van der Waals surface area contributed by atoms with Crippen LogP contribution < -0.4 is 0 Å². The first-order valence-electron chi connectivity index (χ1n) is 9.95. The van der Waals surface area contributed by atoms with E-state index in [1.165, 1.54) is 0 Å². The third-order valence-electron chi connectivity index (χ3n) is 5.48. The molecule has 0 bridgehead atoms. The Morgan fingerprint density at radius 1 is 1.04 bits per heavy atom. The van der Waals surface area contributed by atoms with Crippen LogP contribution in [0.5, 0.6) is 0 Å². The number of likely N-dealkylation sites (tertiary alicyclic amines) is 1. The minimum Gasteiger partial charge on any atom is -0.444 e. The minimum absolute atomic E-state index is 0.0348. The standard InChI is InChI=1S/C19H33N3O4/c1-19(2,3)26-18(24)21-11-9-20(10-12-21)16-5-4-8-22(17(16)23)15-6-13-25-14-7-15/h15-16H,4-14H2,1-3H3/t16-/m1/s1. The van der Waals surface area contributed by atoms with Gasteiger partial charge in [0.05, 0.1) is 6.04 Å². The summed E-state index contributed by atoms with van der Waals surface area (Å²) in [5.74, 6) is 0.272. The molecule has 0 aliphatic carbocycles. The molecule has 7 heteroatoms. The van der Waals surface area contributed by atoms with Crippen molar-refractivity contribution in [1.82, 2.24) is 14.7 Å². The van der Waals surface area contributed by atoms with Crippen LogP contribution in [0.1, 0.15) is 46.5 Å². The van der Waals surface area contributed by atoms with Crippen molar-refractivity contribution in [2.24, 2.45) is 0 Å². The molecule has 26 heavy (non-hydrogen) atoms. The SMILES string of the molecule is CC(C)(C)OC(=O)N1CCN([C@@H]2CCCN(C3CCOCC3)C2=O)CC1. The summed E-state index contributed by atoms with van der Waals surface area (Å²) in [6, 6.07) is 0.300. The summed E-state index contributed by atoms with van der Waals surface area (Å²) in [5, 5.41) is 0. The Bertz CT molecular complexity index is 505. The van der Waals surface area contributed by atoms with Crippen LogP contribution in [0.15, 0.2) is 0 Å². The first-order chi connectivity index (χ1) is 12.3. The molecule has 0 radical (unpaired) electrons. The fraction of sp³-hybridized carbons (Fsp3) is 0.895. The van der Waals surface area contributed by atoms with Gasteiger partial charge in [-0.2, -0.15) is 0 Å². The summed E-state index contributed by atoms with van der Waals surface area (Å²) in [6.07, 6.45) is 3.62. The Kier molecular flexibility index (Phi) is 6.07. The maximum absolute atomic E-state index is 13.1. The van der Waals surface area contributed by atoms with E-state index in [-0.39, 0.29) is 18.0 Å². The molecule has 0 spiro atoms. The lowest BCUT2D eigenvalue weighted by molar-refractivity contribution is -0.145. The third-order valence-corrected chi connectivity index (χ3v) is 5.48. The molecular formula is C19H33N3O4. The van der Waals surface area contributed by atoms with Crippen molar-refractivity contribution in [3.8, 4) is 0 Å². The highest BCUT2D eigenvalue weighted by molar-refractivity contribution is 5.83. The fourth-order valence-electron chi connectivity index (χ4n) is 4.12. The second kappa shape index (κ2) is 8.13. The number of hydrogen-bond donors (Lipinski definition) is 0. The average Bonchev–Trinajstić information content (AvgIpc) is 2.61. The van der Waals surface area contributed by atoms with Crippen LogP contribution in [0, 0.1) is 0 Å². The van der Waals surface area contributed by atoms with Crippen LogP contribution in [0.4, 0.5) is 4.79 Å². The monoisotopic (exact) mass is 367 g/mol. The van der Waals surface area contributed by atoms with Crippen molar-refractivity contribution in [3.05, 3.63) is 0 Å². The van der Waals surface area contributed by atoms with Gasteiger partial charge >= 0.3 is 6.09 Å². The number of carbonyl (C=O) groups excluding carboxylic acids is 2. The number of carbonyl (C=O) groups is 2. The van der Waals surface area contributed by atoms with E-state index in [0.717, 1.165) is 58.5 Å². The number of rotatable bonds is 2. The second-order valence-corrected chi connectivity index (χ2v) is 8.54. The highest BCUT2D eigenvalue weighted by Crippen LogP contribution is 2.24. The summed E-state index contributed by atoms with van der Waals surface area (Å²) in [7, 11) is 0. The second-order valence-electron chi connectivity index (χ2n) is 8.54. The van der Waals surface area contributed by atoms with E-state index in [1.807, 2.05) is 20.8 Å². The molecule has 0 aromatic heterocycles. The maximum atomic E-state index is 13.1. The van der Waals surface area contributed by atoms with Gasteiger partial charge in [-0.15, -0.1) is 0 Å². The van der Waals surface area contributed by atoms with Crippen LogP contribution in [0.3, 0.4) is 0 Å². The lowest BCUT2D eigenvalue weighted by Crippen LogP contribution is -2.60. The number of piperidine rings is 1. The van der Waals surface area contributed by atoms with Gasteiger partial charge in [0.2, 0.25) is 5.91 Å². The Balaban J connectivity index is 1.53. The Hall–Kier alpha value is -1.34. The number of ether oxygens (including phenoxy) is 2. The molecule has 0 unspecified atom stereocenters.